The molecule has 0 aliphatic rings. The molecule has 98 valence electrons. The minimum atomic E-state index is -0.113. The minimum absolute atomic E-state index is 0.113. The van der Waals surface area contributed by atoms with Gasteiger partial charge in [0.2, 0.25) is 0 Å². The van der Waals surface area contributed by atoms with Gasteiger partial charge < -0.3 is 4.74 Å². The number of rotatable bonds is 8. The molecule has 0 bridgehead atoms. The van der Waals surface area contributed by atoms with Crippen molar-refractivity contribution in [1.29, 1.82) is 0 Å². The number of hydrogen-bond donors (Lipinski definition) is 0. The summed E-state index contributed by atoms with van der Waals surface area (Å²) in [6.07, 6.45) is 4.49. The van der Waals surface area contributed by atoms with E-state index in [2.05, 4.69) is 35.3 Å². The molecule has 3 nitrogen and oxygen atoms in total. The van der Waals surface area contributed by atoms with E-state index in [1.807, 2.05) is 0 Å². The zero-order chi connectivity index (χ0) is 12.9. The van der Waals surface area contributed by atoms with Crippen molar-refractivity contribution in [1.82, 2.24) is 4.90 Å². The maximum absolute atomic E-state index is 10.8. The zero-order valence-electron chi connectivity index (χ0n) is 11.4. The van der Waals surface area contributed by atoms with Gasteiger partial charge in [-0.3, -0.25) is 9.69 Å². The summed E-state index contributed by atoms with van der Waals surface area (Å²) in [5.74, 6) is 6.25. The summed E-state index contributed by atoms with van der Waals surface area (Å²) >= 11 is 0. The summed E-state index contributed by atoms with van der Waals surface area (Å²) in [7, 11) is 1.43. The average molecular weight is 239 g/mol. The molecule has 0 unspecified atom stereocenters. The van der Waals surface area contributed by atoms with E-state index >= 15 is 0 Å². The van der Waals surface area contributed by atoms with Gasteiger partial charge in [-0.15, -0.1) is 5.92 Å². The summed E-state index contributed by atoms with van der Waals surface area (Å²) in [5, 5.41) is 0. The molecular formula is C14H25NO2. The molecule has 0 fully saturated rings. The zero-order valence-corrected chi connectivity index (χ0v) is 11.4. The molecule has 0 amide bonds. The molecule has 3 heteroatoms. The van der Waals surface area contributed by atoms with Crippen LogP contribution in [0.1, 0.15) is 46.0 Å². The highest BCUT2D eigenvalue weighted by Crippen LogP contribution is 2.02. The first-order chi connectivity index (χ1) is 8.24. The highest BCUT2D eigenvalue weighted by molar-refractivity contribution is 5.68. The van der Waals surface area contributed by atoms with Crippen molar-refractivity contribution in [2.75, 3.05) is 26.7 Å². The van der Waals surface area contributed by atoms with Gasteiger partial charge in [-0.1, -0.05) is 26.2 Å². The number of carbonyl (C=O) groups is 1. The lowest BCUT2D eigenvalue weighted by atomic mass is 10.1. The summed E-state index contributed by atoms with van der Waals surface area (Å²) in [4.78, 5) is 13.1. The smallest absolute Gasteiger partial charge is 0.305 e. The molecule has 17 heavy (non-hydrogen) atoms. The Kier molecular flexibility index (Phi) is 10.8. The van der Waals surface area contributed by atoms with Gasteiger partial charge in [0.25, 0.3) is 0 Å². The van der Waals surface area contributed by atoms with Crippen LogP contribution in [0.4, 0.5) is 0 Å². The summed E-state index contributed by atoms with van der Waals surface area (Å²) in [6, 6.07) is 0. The predicted octanol–water partition coefficient (Wildman–Crippen LogP) is 2.46. The molecule has 0 radical (unpaired) electrons. The number of hydrogen-bond acceptors (Lipinski definition) is 3. The van der Waals surface area contributed by atoms with E-state index in [4.69, 9.17) is 0 Å². The van der Waals surface area contributed by atoms with Crippen LogP contribution in [0.25, 0.3) is 0 Å². The van der Waals surface area contributed by atoms with Crippen LogP contribution >= 0.6 is 0 Å². The Bertz CT molecular complexity index is 249. The highest BCUT2D eigenvalue weighted by atomic mass is 16.5. The Morgan fingerprint density at radius 1 is 1.12 bits per heavy atom. The third kappa shape index (κ3) is 9.89. The first kappa shape index (κ1) is 16.0. The van der Waals surface area contributed by atoms with Crippen molar-refractivity contribution in [2.24, 2.45) is 0 Å². The van der Waals surface area contributed by atoms with E-state index in [1.165, 1.54) is 7.11 Å². The van der Waals surface area contributed by atoms with Gasteiger partial charge in [0.1, 0.15) is 0 Å². The van der Waals surface area contributed by atoms with E-state index in [0.29, 0.717) is 6.42 Å². The van der Waals surface area contributed by atoms with Crippen LogP contribution in [0.3, 0.4) is 0 Å². The first-order valence-electron chi connectivity index (χ1n) is 6.49. The maximum atomic E-state index is 10.8. The van der Waals surface area contributed by atoms with Gasteiger partial charge in [0.05, 0.1) is 13.7 Å². The largest absolute Gasteiger partial charge is 0.469 e. The van der Waals surface area contributed by atoms with Gasteiger partial charge in [-0.2, -0.15) is 0 Å². The Morgan fingerprint density at radius 2 is 1.82 bits per heavy atom. The molecule has 0 aliphatic heterocycles. The van der Waals surface area contributed by atoms with E-state index in [-0.39, 0.29) is 5.97 Å². The van der Waals surface area contributed by atoms with Crippen molar-refractivity contribution >= 4 is 5.97 Å². The van der Waals surface area contributed by atoms with Crippen LogP contribution in [-0.2, 0) is 9.53 Å². The highest BCUT2D eigenvalue weighted by Gasteiger charge is 1.98. The van der Waals surface area contributed by atoms with Crippen LogP contribution < -0.4 is 0 Å². The van der Waals surface area contributed by atoms with Crippen molar-refractivity contribution in [2.45, 2.75) is 46.0 Å². The monoisotopic (exact) mass is 239 g/mol. The molecular weight excluding hydrogens is 214 g/mol. The fraction of sp³-hybridized carbons (Fsp3) is 0.786. The summed E-state index contributed by atoms with van der Waals surface area (Å²) in [5.41, 5.74) is 0. The Morgan fingerprint density at radius 3 is 2.41 bits per heavy atom. The van der Waals surface area contributed by atoms with E-state index in [1.54, 1.807) is 0 Å². The molecule has 0 spiro atoms. The van der Waals surface area contributed by atoms with Crippen LogP contribution in [0.5, 0.6) is 0 Å². The average Bonchev–Trinajstić information content (AvgIpc) is 2.36. The number of nitrogens with zero attached hydrogens (tertiary/aromatic N) is 1. The van der Waals surface area contributed by atoms with Gasteiger partial charge in [0, 0.05) is 12.8 Å². The summed E-state index contributed by atoms with van der Waals surface area (Å²) < 4.78 is 4.57. The Hall–Kier alpha value is -1.01. The molecule has 0 saturated heterocycles. The topological polar surface area (TPSA) is 29.5 Å². The standard InChI is InChI=1S/C14H25NO2/c1-4-15(5-2)13-11-9-7-6-8-10-12-14(16)17-3/h4-8,10,12-13H2,1-3H3. The van der Waals surface area contributed by atoms with Crippen LogP contribution in [-0.4, -0.2) is 37.6 Å². The number of methoxy groups -OCH3 is 1. The second-order valence-electron chi connectivity index (χ2n) is 3.95. The third-order valence-corrected chi connectivity index (χ3v) is 2.73. The Labute approximate surface area is 106 Å². The second kappa shape index (κ2) is 11.5. The minimum Gasteiger partial charge on any atom is -0.469 e. The number of unbranched alkanes of at least 4 members (excludes halogenated alkanes) is 3. The predicted molar refractivity (Wildman–Crippen MR) is 70.7 cm³/mol. The molecule has 0 rings (SSSR count). The van der Waals surface area contributed by atoms with Gasteiger partial charge in [-0.05, 0) is 25.9 Å². The summed E-state index contributed by atoms with van der Waals surface area (Å²) in [6.45, 7) is 7.29. The van der Waals surface area contributed by atoms with Gasteiger partial charge in [-0.25, -0.2) is 0 Å². The molecule has 0 aromatic carbocycles. The quantitative estimate of drug-likeness (QED) is 0.370. The number of ether oxygens (including phenoxy) is 1. The molecule has 0 saturated carbocycles. The lowest BCUT2D eigenvalue weighted by Crippen LogP contribution is -2.22. The molecule has 0 aromatic rings. The normalized spacial score (nSPS) is 9.88. The van der Waals surface area contributed by atoms with Crippen LogP contribution in [0.2, 0.25) is 0 Å². The van der Waals surface area contributed by atoms with E-state index < -0.39 is 0 Å². The molecule has 0 aromatic heterocycles. The maximum Gasteiger partial charge on any atom is 0.305 e. The fourth-order valence-electron chi connectivity index (χ4n) is 1.46. The molecule has 0 aliphatic carbocycles. The first-order valence-corrected chi connectivity index (χ1v) is 6.49. The van der Waals surface area contributed by atoms with Crippen molar-refractivity contribution in [3.8, 4) is 11.8 Å². The van der Waals surface area contributed by atoms with Crippen molar-refractivity contribution in [3.63, 3.8) is 0 Å². The Balaban J connectivity index is 3.39. The third-order valence-electron chi connectivity index (χ3n) is 2.73. The van der Waals surface area contributed by atoms with Crippen molar-refractivity contribution < 1.29 is 9.53 Å². The van der Waals surface area contributed by atoms with Crippen LogP contribution in [0, 0.1) is 11.8 Å². The van der Waals surface area contributed by atoms with E-state index in [0.717, 1.165) is 45.3 Å². The van der Waals surface area contributed by atoms with E-state index in [9.17, 15) is 4.79 Å². The lowest BCUT2D eigenvalue weighted by Gasteiger charge is -2.13. The molecule has 0 N–H and O–H groups in total. The van der Waals surface area contributed by atoms with Crippen molar-refractivity contribution in [3.05, 3.63) is 0 Å². The molecule has 0 atom stereocenters. The second-order valence-corrected chi connectivity index (χ2v) is 3.95. The number of carbonyl (C=O) groups excluding carboxylic acids is 1. The fourth-order valence-corrected chi connectivity index (χ4v) is 1.46. The molecule has 0 heterocycles. The SMILES string of the molecule is CCN(CC)CC#CCCCCCC(=O)OC. The number of esters is 1. The van der Waals surface area contributed by atoms with Gasteiger partial charge in [0.15, 0.2) is 0 Å². The lowest BCUT2D eigenvalue weighted by molar-refractivity contribution is -0.140. The van der Waals surface area contributed by atoms with Gasteiger partial charge >= 0.3 is 5.97 Å². The van der Waals surface area contributed by atoms with Crippen LogP contribution in [0.15, 0.2) is 0 Å².